The number of aromatic hydroxyl groups is 1. The number of halogens is 2. The van der Waals surface area contributed by atoms with E-state index in [2.05, 4.69) is 15.5 Å². The minimum atomic E-state index is -1.06. The van der Waals surface area contributed by atoms with Gasteiger partial charge in [-0.25, -0.2) is 13.8 Å². The second kappa shape index (κ2) is 6.53. The van der Waals surface area contributed by atoms with Crippen LogP contribution < -0.4 is 5.43 Å². The molecule has 116 valence electrons. The van der Waals surface area contributed by atoms with Gasteiger partial charge >= 0.3 is 0 Å². The van der Waals surface area contributed by atoms with Crippen LogP contribution in [-0.4, -0.2) is 16.3 Å². The predicted octanol–water partition coefficient (Wildman–Crippen LogP) is 4.24. The van der Waals surface area contributed by atoms with E-state index >= 15 is 0 Å². The smallest absolute Gasteiger partial charge is 0.203 e. The molecule has 3 aromatic rings. The average molecular weight is 331 g/mol. The van der Waals surface area contributed by atoms with Gasteiger partial charge < -0.3 is 5.11 Å². The highest BCUT2D eigenvalue weighted by molar-refractivity contribution is 7.14. The lowest BCUT2D eigenvalue weighted by Gasteiger charge is -2.01. The van der Waals surface area contributed by atoms with Crippen molar-refractivity contribution in [1.29, 1.82) is 0 Å². The molecule has 0 radical (unpaired) electrons. The summed E-state index contributed by atoms with van der Waals surface area (Å²) in [4.78, 5) is 4.33. The Hall–Kier alpha value is -2.80. The van der Waals surface area contributed by atoms with Crippen molar-refractivity contribution in [3.05, 3.63) is 65.0 Å². The summed E-state index contributed by atoms with van der Waals surface area (Å²) in [6, 6.07) is 11.5. The minimum Gasteiger partial charge on any atom is -0.505 e. The van der Waals surface area contributed by atoms with Gasteiger partial charge in [0, 0.05) is 10.9 Å². The third kappa shape index (κ3) is 3.35. The van der Waals surface area contributed by atoms with Crippen molar-refractivity contribution in [3.63, 3.8) is 0 Å². The number of hydrogen-bond donors (Lipinski definition) is 2. The molecule has 3 rings (SSSR count). The number of aromatic nitrogens is 1. The summed E-state index contributed by atoms with van der Waals surface area (Å²) >= 11 is 1.32. The zero-order chi connectivity index (χ0) is 16.2. The fourth-order valence-corrected chi connectivity index (χ4v) is 2.56. The van der Waals surface area contributed by atoms with E-state index in [0.717, 1.165) is 29.6 Å². The number of hydrogen-bond acceptors (Lipinski definition) is 5. The van der Waals surface area contributed by atoms with Gasteiger partial charge in [-0.05, 0) is 12.1 Å². The van der Waals surface area contributed by atoms with Crippen LogP contribution in [0.5, 0.6) is 5.75 Å². The van der Waals surface area contributed by atoms with Crippen LogP contribution >= 0.6 is 11.3 Å². The molecule has 23 heavy (non-hydrogen) atoms. The van der Waals surface area contributed by atoms with Crippen LogP contribution in [0, 0.1) is 11.6 Å². The van der Waals surface area contributed by atoms with Crippen LogP contribution in [0.1, 0.15) is 5.56 Å². The summed E-state index contributed by atoms with van der Waals surface area (Å²) in [6.45, 7) is 0. The molecule has 7 heteroatoms. The molecule has 4 nitrogen and oxygen atoms in total. The van der Waals surface area contributed by atoms with Gasteiger partial charge in [0.15, 0.2) is 11.6 Å². The van der Waals surface area contributed by atoms with Gasteiger partial charge in [0.1, 0.15) is 5.82 Å². The van der Waals surface area contributed by atoms with Crippen molar-refractivity contribution in [2.45, 2.75) is 0 Å². The van der Waals surface area contributed by atoms with Crippen molar-refractivity contribution < 1.29 is 13.9 Å². The number of phenolic OH excluding ortho intramolecular Hbond substituents is 1. The van der Waals surface area contributed by atoms with Crippen molar-refractivity contribution in [1.82, 2.24) is 4.98 Å². The highest BCUT2D eigenvalue weighted by Gasteiger charge is 2.11. The first-order valence-electron chi connectivity index (χ1n) is 6.62. The van der Waals surface area contributed by atoms with Gasteiger partial charge in [-0.2, -0.15) is 5.10 Å². The molecule has 0 aliphatic rings. The number of thiazole rings is 1. The highest BCUT2D eigenvalue weighted by atomic mass is 32.1. The average Bonchev–Trinajstić information content (AvgIpc) is 3.04. The summed E-state index contributed by atoms with van der Waals surface area (Å²) in [5.74, 6) is -2.50. The number of phenols is 1. The van der Waals surface area contributed by atoms with Gasteiger partial charge in [0.2, 0.25) is 5.13 Å². The number of nitrogens with zero attached hydrogens (tertiary/aromatic N) is 2. The Kier molecular flexibility index (Phi) is 4.29. The first kappa shape index (κ1) is 15.1. The van der Waals surface area contributed by atoms with Crippen LogP contribution in [0.25, 0.3) is 11.3 Å². The second-order valence-electron chi connectivity index (χ2n) is 4.57. The molecular formula is C16H11F2N3OS. The van der Waals surface area contributed by atoms with Gasteiger partial charge in [-0.1, -0.05) is 30.3 Å². The molecule has 2 N–H and O–H groups in total. The van der Waals surface area contributed by atoms with Crippen molar-refractivity contribution >= 4 is 22.7 Å². The lowest BCUT2D eigenvalue weighted by Crippen LogP contribution is -1.97. The second-order valence-corrected chi connectivity index (χ2v) is 5.43. The van der Waals surface area contributed by atoms with Crippen LogP contribution in [0.3, 0.4) is 0 Å². The van der Waals surface area contributed by atoms with Crippen LogP contribution in [0.15, 0.2) is 52.9 Å². The monoisotopic (exact) mass is 331 g/mol. The molecule has 1 aromatic heterocycles. The summed E-state index contributed by atoms with van der Waals surface area (Å²) in [7, 11) is 0. The van der Waals surface area contributed by atoms with Gasteiger partial charge in [0.05, 0.1) is 17.5 Å². The number of rotatable bonds is 4. The maximum Gasteiger partial charge on any atom is 0.203 e. The van der Waals surface area contributed by atoms with Crippen molar-refractivity contribution in [2.24, 2.45) is 5.10 Å². The fourth-order valence-electron chi connectivity index (χ4n) is 1.89. The summed E-state index contributed by atoms with van der Waals surface area (Å²) in [5, 5.41) is 15.3. The topological polar surface area (TPSA) is 57.5 Å². The Labute approximate surface area is 134 Å². The molecule has 0 atom stereocenters. The van der Waals surface area contributed by atoms with Crippen LogP contribution in [0.2, 0.25) is 0 Å². The van der Waals surface area contributed by atoms with Gasteiger partial charge in [-0.3, -0.25) is 5.43 Å². The van der Waals surface area contributed by atoms with Gasteiger partial charge in [0.25, 0.3) is 0 Å². The third-order valence-electron chi connectivity index (χ3n) is 3.03. The zero-order valence-electron chi connectivity index (χ0n) is 11.7. The molecule has 0 aliphatic heterocycles. The van der Waals surface area contributed by atoms with E-state index < -0.39 is 22.9 Å². The van der Waals surface area contributed by atoms with E-state index in [1.807, 2.05) is 35.7 Å². The molecule has 0 spiro atoms. The van der Waals surface area contributed by atoms with E-state index in [-0.39, 0.29) is 0 Å². The summed E-state index contributed by atoms with van der Waals surface area (Å²) < 4.78 is 27.1. The Morgan fingerprint density at radius 1 is 1.13 bits per heavy atom. The lowest BCUT2D eigenvalue weighted by molar-refractivity contribution is 0.427. The number of nitrogens with one attached hydrogen (secondary N) is 1. The van der Waals surface area contributed by atoms with E-state index in [9.17, 15) is 13.9 Å². The standard InChI is InChI=1S/C16H11F2N3OS/c17-12-6-7-14(22)15(18)11(12)8-19-21-16-20-13(9-23-16)10-4-2-1-3-5-10/h1-9,22H,(H,20,21). The van der Waals surface area contributed by atoms with E-state index in [1.54, 1.807) is 0 Å². The number of hydrazone groups is 1. The largest absolute Gasteiger partial charge is 0.505 e. The molecule has 0 fully saturated rings. The first-order valence-corrected chi connectivity index (χ1v) is 7.50. The van der Waals surface area contributed by atoms with Crippen molar-refractivity contribution in [3.8, 4) is 17.0 Å². The molecule has 1 heterocycles. The highest BCUT2D eigenvalue weighted by Crippen LogP contribution is 2.25. The molecular weight excluding hydrogens is 320 g/mol. The van der Waals surface area contributed by atoms with Crippen molar-refractivity contribution in [2.75, 3.05) is 5.43 Å². The molecule has 0 aliphatic carbocycles. The van der Waals surface area contributed by atoms with Crippen LogP contribution in [0.4, 0.5) is 13.9 Å². The maximum absolute atomic E-state index is 13.6. The Bertz CT molecular complexity index is 850. The summed E-state index contributed by atoms with van der Waals surface area (Å²) in [5.41, 5.74) is 3.94. The first-order chi connectivity index (χ1) is 11.1. The molecule has 0 bridgehead atoms. The van der Waals surface area contributed by atoms with E-state index in [0.29, 0.717) is 5.13 Å². The number of benzene rings is 2. The maximum atomic E-state index is 13.6. The van der Waals surface area contributed by atoms with Crippen LogP contribution in [-0.2, 0) is 0 Å². The van der Waals surface area contributed by atoms with Gasteiger partial charge in [-0.15, -0.1) is 11.3 Å². The predicted molar refractivity (Wildman–Crippen MR) is 86.8 cm³/mol. The van der Waals surface area contributed by atoms with E-state index in [4.69, 9.17) is 0 Å². The summed E-state index contributed by atoms with van der Waals surface area (Å²) in [6.07, 6.45) is 0.966. The minimum absolute atomic E-state index is 0.419. The molecule has 0 saturated heterocycles. The Morgan fingerprint density at radius 2 is 1.91 bits per heavy atom. The fraction of sp³-hybridized carbons (Fsp3) is 0. The number of anilines is 1. The quantitative estimate of drug-likeness (QED) is 0.555. The molecule has 0 amide bonds. The third-order valence-corrected chi connectivity index (χ3v) is 3.78. The van der Waals surface area contributed by atoms with E-state index in [1.165, 1.54) is 11.3 Å². The Balaban J connectivity index is 1.75. The SMILES string of the molecule is Oc1ccc(F)c(C=NNc2nc(-c3ccccc3)cs2)c1F. The Morgan fingerprint density at radius 3 is 2.70 bits per heavy atom. The molecule has 0 unspecified atom stereocenters. The normalized spacial score (nSPS) is 11.0. The zero-order valence-corrected chi connectivity index (χ0v) is 12.5. The molecule has 0 saturated carbocycles. The molecule has 2 aromatic carbocycles. The lowest BCUT2D eigenvalue weighted by atomic mass is 10.2.